The highest BCUT2D eigenvalue weighted by molar-refractivity contribution is 5.95. The molecule has 0 saturated carbocycles. The average molecular weight is 392 g/mol. The molecule has 2 heterocycles. The van der Waals surface area contributed by atoms with Gasteiger partial charge in [-0.2, -0.15) is 5.10 Å². The zero-order chi connectivity index (χ0) is 20.2. The highest BCUT2D eigenvalue weighted by atomic mass is 19.1. The van der Waals surface area contributed by atoms with Crippen LogP contribution in [-0.2, 0) is 6.42 Å². The van der Waals surface area contributed by atoms with Crippen LogP contribution >= 0.6 is 0 Å². The second-order valence-electron chi connectivity index (χ2n) is 7.39. The molecule has 2 aromatic carbocycles. The largest absolute Gasteiger partial charge is 0.371 e. The number of carbonyl (C=O) groups is 1. The van der Waals surface area contributed by atoms with E-state index in [1.807, 2.05) is 13.0 Å². The predicted octanol–water partition coefficient (Wildman–Crippen LogP) is 3.83. The van der Waals surface area contributed by atoms with Crippen LogP contribution in [0.2, 0.25) is 0 Å². The van der Waals surface area contributed by atoms with E-state index in [9.17, 15) is 9.18 Å². The Labute approximate surface area is 170 Å². The quantitative estimate of drug-likeness (QED) is 0.694. The van der Waals surface area contributed by atoms with Crippen molar-refractivity contribution >= 4 is 11.6 Å². The molecule has 1 N–H and O–H groups in total. The van der Waals surface area contributed by atoms with Crippen LogP contribution in [0, 0.1) is 11.7 Å². The summed E-state index contributed by atoms with van der Waals surface area (Å²) in [7, 11) is 0. The lowest BCUT2D eigenvalue weighted by Crippen LogP contribution is -2.31. The molecule has 5 nitrogen and oxygen atoms in total. The molecule has 0 spiro atoms. The van der Waals surface area contributed by atoms with E-state index < -0.39 is 0 Å². The van der Waals surface area contributed by atoms with E-state index in [1.54, 1.807) is 23.0 Å². The maximum absolute atomic E-state index is 13.2. The van der Waals surface area contributed by atoms with Gasteiger partial charge < -0.3 is 10.2 Å². The van der Waals surface area contributed by atoms with Crippen LogP contribution in [0.3, 0.4) is 0 Å². The molecule has 1 aliphatic rings. The number of aromatic nitrogens is 2. The highest BCUT2D eigenvalue weighted by Gasteiger charge is 2.24. The lowest BCUT2D eigenvalue weighted by atomic mass is 10.1. The lowest BCUT2D eigenvalue weighted by Gasteiger charge is -2.18. The van der Waals surface area contributed by atoms with Gasteiger partial charge in [0.1, 0.15) is 5.82 Å². The molecule has 1 unspecified atom stereocenters. The number of anilines is 1. The van der Waals surface area contributed by atoms with E-state index in [0.29, 0.717) is 24.4 Å². The van der Waals surface area contributed by atoms with Crippen LogP contribution in [0.1, 0.15) is 29.4 Å². The third-order valence-corrected chi connectivity index (χ3v) is 5.48. The van der Waals surface area contributed by atoms with E-state index in [-0.39, 0.29) is 11.7 Å². The smallest absolute Gasteiger partial charge is 0.254 e. The van der Waals surface area contributed by atoms with Gasteiger partial charge in [-0.3, -0.25) is 4.79 Å². The van der Waals surface area contributed by atoms with Gasteiger partial charge in [0, 0.05) is 25.3 Å². The number of hydrogen-bond donors (Lipinski definition) is 1. The van der Waals surface area contributed by atoms with Crippen molar-refractivity contribution < 1.29 is 9.18 Å². The average Bonchev–Trinajstić information content (AvgIpc) is 3.40. The summed E-state index contributed by atoms with van der Waals surface area (Å²) in [4.78, 5) is 15.2. The number of halogens is 1. The van der Waals surface area contributed by atoms with E-state index >= 15 is 0 Å². The summed E-state index contributed by atoms with van der Waals surface area (Å²) < 4.78 is 14.9. The first-order chi connectivity index (χ1) is 14.2. The van der Waals surface area contributed by atoms with Gasteiger partial charge in [0.25, 0.3) is 5.91 Å². The third-order valence-electron chi connectivity index (χ3n) is 5.48. The van der Waals surface area contributed by atoms with E-state index in [1.165, 1.54) is 17.8 Å². The van der Waals surface area contributed by atoms with Crippen molar-refractivity contribution in [2.24, 2.45) is 5.92 Å². The highest BCUT2D eigenvalue weighted by Crippen LogP contribution is 2.23. The molecule has 3 aromatic rings. The topological polar surface area (TPSA) is 50.2 Å². The molecular formula is C23H25FN4O. The van der Waals surface area contributed by atoms with Crippen LogP contribution in [-0.4, -0.2) is 35.3 Å². The van der Waals surface area contributed by atoms with Gasteiger partial charge in [-0.15, -0.1) is 0 Å². The fourth-order valence-electron chi connectivity index (χ4n) is 3.91. The molecule has 29 heavy (non-hydrogen) atoms. The second-order valence-corrected chi connectivity index (χ2v) is 7.39. The number of rotatable bonds is 6. The zero-order valence-electron chi connectivity index (χ0n) is 16.5. The number of nitrogens with one attached hydrogen (secondary N) is 1. The monoisotopic (exact) mass is 392 g/mol. The normalized spacial score (nSPS) is 16.2. The first kappa shape index (κ1) is 19.2. The summed E-state index contributed by atoms with van der Waals surface area (Å²) >= 11 is 0. The van der Waals surface area contributed by atoms with Crippen molar-refractivity contribution in [2.75, 3.05) is 24.5 Å². The minimum absolute atomic E-state index is 0.103. The molecular weight excluding hydrogens is 367 g/mol. The number of hydrogen-bond acceptors (Lipinski definition) is 3. The SMILES string of the molecule is CCc1c(C(=O)NCC2CCN(c3ccccc3)C2)cnn1-c1ccc(F)cc1. The number of nitrogens with zero attached hydrogens (tertiary/aromatic N) is 3. The summed E-state index contributed by atoms with van der Waals surface area (Å²) in [6.45, 7) is 4.59. The Bertz CT molecular complexity index is 968. The fourth-order valence-corrected chi connectivity index (χ4v) is 3.91. The van der Waals surface area contributed by atoms with Gasteiger partial charge in [0.05, 0.1) is 23.1 Å². The fraction of sp³-hybridized carbons (Fsp3) is 0.304. The summed E-state index contributed by atoms with van der Waals surface area (Å²) in [6.07, 6.45) is 3.32. The third kappa shape index (κ3) is 4.16. The summed E-state index contributed by atoms with van der Waals surface area (Å²) in [5, 5.41) is 7.45. The van der Waals surface area contributed by atoms with Gasteiger partial charge in [-0.05, 0) is 55.2 Å². The van der Waals surface area contributed by atoms with Gasteiger partial charge in [0.15, 0.2) is 0 Å². The summed E-state index contributed by atoms with van der Waals surface area (Å²) in [5.74, 6) is 0.0304. The first-order valence-electron chi connectivity index (χ1n) is 10.1. The Morgan fingerprint density at radius 3 is 2.62 bits per heavy atom. The number of amides is 1. The van der Waals surface area contributed by atoms with Gasteiger partial charge >= 0.3 is 0 Å². The Morgan fingerprint density at radius 1 is 1.14 bits per heavy atom. The second kappa shape index (κ2) is 8.47. The van der Waals surface area contributed by atoms with Crippen LogP contribution in [0.15, 0.2) is 60.8 Å². The molecule has 0 aliphatic carbocycles. The van der Waals surface area contributed by atoms with Gasteiger partial charge in [-0.1, -0.05) is 25.1 Å². The first-order valence-corrected chi connectivity index (χ1v) is 10.1. The molecule has 1 amide bonds. The van der Waals surface area contributed by atoms with Gasteiger partial charge in [-0.25, -0.2) is 9.07 Å². The van der Waals surface area contributed by atoms with Crippen LogP contribution in [0.4, 0.5) is 10.1 Å². The lowest BCUT2D eigenvalue weighted by molar-refractivity contribution is 0.0947. The maximum atomic E-state index is 13.2. The molecule has 1 fully saturated rings. The van der Waals surface area contributed by atoms with Crippen molar-refractivity contribution in [2.45, 2.75) is 19.8 Å². The Hall–Kier alpha value is -3.15. The van der Waals surface area contributed by atoms with E-state index in [0.717, 1.165) is 30.9 Å². The van der Waals surface area contributed by atoms with Crippen molar-refractivity contribution in [1.82, 2.24) is 15.1 Å². The molecule has 1 aromatic heterocycles. The summed E-state index contributed by atoms with van der Waals surface area (Å²) in [6, 6.07) is 16.5. The minimum Gasteiger partial charge on any atom is -0.371 e. The standard InChI is InChI=1S/C23H25FN4O/c1-2-22-21(15-26-28(22)20-10-8-18(24)9-11-20)23(29)25-14-17-12-13-27(16-17)19-6-4-3-5-7-19/h3-11,15,17H,2,12-14,16H2,1H3,(H,25,29). The molecule has 4 rings (SSSR count). The minimum atomic E-state index is -0.293. The molecule has 1 saturated heterocycles. The Balaban J connectivity index is 1.40. The molecule has 6 heteroatoms. The van der Waals surface area contributed by atoms with Crippen LogP contribution < -0.4 is 10.2 Å². The van der Waals surface area contributed by atoms with Crippen molar-refractivity contribution in [3.8, 4) is 5.69 Å². The number of para-hydroxylation sites is 1. The van der Waals surface area contributed by atoms with E-state index in [2.05, 4.69) is 39.6 Å². The van der Waals surface area contributed by atoms with Crippen molar-refractivity contribution in [1.29, 1.82) is 0 Å². The Kier molecular flexibility index (Phi) is 5.60. The molecule has 1 atom stereocenters. The van der Waals surface area contributed by atoms with Crippen molar-refractivity contribution in [3.05, 3.63) is 77.9 Å². The number of carbonyl (C=O) groups excluding carboxylic acids is 1. The van der Waals surface area contributed by atoms with Gasteiger partial charge in [0.2, 0.25) is 0 Å². The molecule has 0 bridgehead atoms. The summed E-state index contributed by atoms with van der Waals surface area (Å²) in [5.41, 5.74) is 3.38. The van der Waals surface area contributed by atoms with Crippen LogP contribution in [0.5, 0.6) is 0 Å². The predicted molar refractivity (Wildman–Crippen MR) is 112 cm³/mol. The molecule has 0 radical (unpaired) electrons. The maximum Gasteiger partial charge on any atom is 0.254 e. The molecule has 1 aliphatic heterocycles. The molecule has 150 valence electrons. The van der Waals surface area contributed by atoms with Crippen LogP contribution in [0.25, 0.3) is 5.69 Å². The Morgan fingerprint density at radius 2 is 1.90 bits per heavy atom. The zero-order valence-corrected chi connectivity index (χ0v) is 16.5. The van der Waals surface area contributed by atoms with Crippen molar-refractivity contribution in [3.63, 3.8) is 0 Å². The number of benzene rings is 2. The van der Waals surface area contributed by atoms with E-state index in [4.69, 9.17) is 0 Å².